The van der Waals surface area contributed by atoms with Gasteiger partial charge in [0.05, 0.1) is 10.3 Å². The molecular formula is C16H21ClN2OS. The van der Waals surface area contributed by atoms with Gasteiger partial charge in [0.15, 0.2) is 0 Å². The highest BCUT2D eigenvalue weighted by atomic mass is 35.5. The lowest BCUT2D eigenvalue weighted by Crippen LogP contribution is -2.41. The van der Waals surface area contributed by atoms with Gasteiger partial charge in [0.25, 0.3) is 0 Å². The van der Waals surface area contributed by atoms with Crippen molar-refractivity contribution in [3.8, 4) is 0 Å². The summed E-state index contributed by atoms with van der Waals surface area (Å²) in [5.74, 6) is 0.113. The van der Waals surface area contributed by atoms with Gasteiger partial charge in [-0.3, -0.25) is 9.69 Å². The monoisotopic (exact) mass is 324 g/mol. The summed E-state index contributed by atoms with van der Waals surface area (Å²) in [6.45, 7) is 4.08. The highest BCUT2D eigenvalue weighted by Gasteiger charge is 2.35. The minimum Gasteiger partial charge on any atom is -0.351 e. The van der Waals surface area contributed by atoms with Crippen molar-refractivity contribution in [2.75, 3.05) is 13.1 Å². The van der Waals surface area contributed by atoms with E-state index in [2.05, 4.69) is 10.2 Å². The van der Waals surface area contributed by atoms with Gasteiger partial charge in [0.2, 0.25) is 5.91 Å². The van der Waals surface area contributed by atoms with Crippen LogP contribution in [0.4, 0.5) is 0 Å². The molecule has 0 aromatic heterocycles. The van der Waals surface area contributed by atoms with E-state index in [1.165, 1.54) is 24.6 Å². The minimum absolute atomic E-state index is 0.113. The number of carbonyl (C=O) groups excluding carboxylic acids is 1. The van der Waals surface area contributed by atoms with Crippen molar-refractivity contribution in [2.45, 2.75) is 48.4 Å². The molecule has 3 nitrogen and oxygen atoms in total. The highest BCUT2D eigenvalue weighted by Crippen LogP contribution is 2.31. The predicted octanol–water partition coefficient (Wildman–Crippen LogP) is 3.17. The molecule has 2 atom stereocenters. The van der Waals surface area contributed by atoms with E-state index in [1.54, 1.807) is 0 Å². The molecule has 3 rings (SSSR count). The predicted molar refractivity (Wildman–Crippen MR) is 87.9 cm³/mol. The number of benzene rings is 1. The molecule has 2 aliphatic rings. The Labute approximate surface area is 135 Å². The molecule has 114 valence electrons. The van der Waals surface area contributed by atoms with E-state index in [9.17, 15) is 4.79 Å². The lowest BCUT2D eigenvalue weighted by Gasteiger charge is -2.18. The fraction of sp³-hybridized carbons (Fsp3) is 0.562. The van der Waals surface area contributed by atoms with Crippen LogP contribution < -0.4 is 5.32 Å². The van der Waals surface area contributed by atoms with Gasteiger partial charge in [-0.15, -0.1) is 11.8 Å². The third kappa shape index (κ3) is 3.93. The van der Waals surface area contributed by atoms with Gasteiger partial charge in [-0.25, -0.2) is 0 Å². The van der Waals surface area contributed by atoms with E-state index in [0.29, 0.717) is 11.1 Å². The zero-order valence-corrected chi connectivity index (χ0v) is 13.8. The van der Waals surface area contributed by atoms with E-state index in [-0.39, 0.29) is 11.2 Å². The molecule has 5 heteroatoms. The summed E-state index contributed by atoms with van der Waals surface area (Å²) in [5.41, 5.74) is 0. The van der Waals surface area contributed by atoms with E-state index in [1.807, 2.05) is 31.2 Å². The van der Waals surface area contributed by atoms with Gasteiger partial charge in [0.1, 0.15) is 0 Å². The van der Waals surface area contributed by atoms with Crippen molar-refractivity contribution in [1.29, 1.82) is 0 Å². The molecule has 1 N–H and O–H groups in total. The fourth-order valence-electron chi connectivity index (χ4n) is 2.78. The summed E-state index contributed by atoms with van der Waals surface area (Å²) in [7, 11) is 0. The van der Waals surface area contributed by atoms with Crippen LogP contribution in [0.2, 0.25) is 5.02 Å². The van der Waals surface area contributed by atoms with Gasteiger partial charge < -0.3 is 5.32 Å². The molecule has 21 heavy (non-hydrogen) atoms. The Morgan fingerprint density at radius 3 is 2.86 bits per heavy atom. The topological polar surface area (TPSA) is 32.3 Å². The van der Waals surface area contributed by atoms with Crippen molar-refractivity contribution < 1.29 is 4.79 Å². The molecule has 1 amide bonds. The van der Waals surface area contributed by atoms with Crippen molar-refractivity contribution in [1.82, 2.24) is 10.2 Å². The smallest absolute Gasteiger partial charge is 0.233 e. The normalized spacial score (nSPS) is 24.0. The van der Waals surface area contributed by atoms with E-state index in [0.717, 1.165) is 30.4 Å². The molecule has 1 heterocycles. The van der Waals surface area contributed by atoms with Crippen molar-refractivity contribution >= 4 is 29.3 Å². The Morgan fingerprint density at radius 1 is 1.38 bits per heavy atom. The summed E-state index contributed by atoms with van der Waals surface area (Å²) in [4.78, 5) is 15.8. The average Bonchev–Trinajstić information content (AvgIpc) is 3.22. The molecule has 0 bridgehead atoms. The number of hydrogen-bond acceptors (Lipinski definition) is 3. The number of halogens is 1. The Balaban J connectivity index is 1.49. The zero-order valence-electron chi connectivity index (χ0n) is 12.2. The summed E-state index contributed by atoms with van der Waals surface area (Å²) in [5, 5.41) is 3.77. The van der Waals surface area contributed by atoms with Crippen molar-refractivity contribution in [3.05, 3.63) is 29.3 Å². The summed E-state index contributed by atoms with van der Waals surface area (Å²) in [6.07, 6.45) is 3.74. The molecule has 1 aliphatic heterocycles. The Bertz CT molecular complexity index is 521. The van der Waals surface area contributed by atoms with Crippen LogP contribution >= 0.6 is 23.4 Å². The second-order valence-electron chi connectivity index (χ2n) is 5.91. The molecule has 1 saturated carbocycles. The summed E-state index contributed by atoms with van der Waals surface area (Å²) < 4.78 is 0. The number of nitrogens with one attached hydrogen (secondary N) is 1. The standard InChI is InChI=1S/C16H21ClN2OS/c1-11(21-15-5-3-2-4-14(15)17)16(20)18-12-8-9-19(10-12)13-6-7-13/h2-5,11-13H,6-10H2,1H3,(H,18,20)/t11-,12-/m0/s1. The lowest BCUT2D eigenvalue weighted by molar-refractivity contribution is -0.120. The molecule has 2 fully saturated rings. The number of hydrogen-bond donors (Lipinski definition) is 1. The van der Waals surface area contributed by atoms with Crippen LogP contribution in [-0.4, -0.2) is 41.2 Å². The highest BCUT2D eigenvalue weighted by molar-refractivity contribution is 8.00. The fourth-order valence-corrected chi connectivity index (χ4v) is 3.94. The maximum absolute atomic E-state index is 12.3. The van der Waals surface area contributed by atoms with Crippen LogP contribution in [0.1, 0.15) is 26.2 Å². The van der Waals surface area contributed by atoms with Crippen molar-refractivity contribution in [3.63, 3.8) is 0 Å². The Kier molecular flexibility index (Phi) is 4.77. The van der Waals surface area contributed by atoms with Crippen LogP contribution in [-0.2, 0) is 4.79 Å². The quantitative estimate of drug-likeness (QED) is 0.844. The molecular weight excluding hydrogens is 304 g/mol. The maximum atomic E-state index is 12.3. The van der Waals surface area contributed by atoms with Gasteiger partial charge in [-0.1, -0.05) is 23.7 Å². The Morgan fingerprint density at radius 2 is 2.14 bits per heavy atom. The van der Waals surface area contributed by atoms with Crippen LogP contribution in [0.15, 0.2) is 29.2 Å². The first-order valence-corrected chi connectivity index (χ1v) is 8.85. The van der Waals surface area contributed by atoms with E-state index >= 15 is 0 Å². The van der Waals surface area contributed by atoms with Gasteiger partial charge in [0, 0.05) is 30.1 Å². The van der Waals surface area contributed by atoms with Crippen LogP contribution in [0.5, 0.6) is 0 Å². The summed E-state index contributed by atoms with van der Waals surface area (Å²) >= 11 is 7.67. The first-order chi connectivity index (χ1) is 10.1. The molecule has 1 aromatic carbocycles. The third-order valence-electron chi connectivity index (χ3n) is 4.14. The number of carbonyl (C=O) groups is 1. The largest absolute Gasteiger partial charge is 0.351 e. The second kappa shape index (κ2) is 6.59. The third-order valence-corrected chi connectivity index (χ3v) is 5.76. The first-order valence-electron chi connectivity index (χ1n) is 7.59. The van der Waals surface area contributed by atoms with E-state index < -0.39 is 0 Å². The van der Waals surface area contributed by atoms with Crippen LogP contribution in [0.25, 0.3) is 0 Å². The maximum Gasteiger partial charge on any atom is 0.233 e. The molecule has 1 saturated heterocycles. The van der Waals surface area contributed by atoms with Crippen LogP contribution in [0, 0.1) is 0 Å². The summed E-state index contributed by atoms with van der Waals surface area (Å²) in [6, 6.07) is 8.78. The number of amides is 1. The average molecular weight is 325 g/mol. The van der Waals surface area contributed by atoms with Crippen molar-refractivity contribution in [2.24, 2.45) is 0 Å². The second-order valence-corrected chi connectivity index (χ2v) is 7.70. The molecule has 1 aliphatic carbocycles. The molecule has 0 spiro atoms. The number of rotatable bonds is 5. The number of thioether (sulfide) groups is 1. The van der Waals surface area contributed by atoms with Gasteiger partial charge in [-0.05, 0) is 38.3 Å². The van der Waals surface area contributed by atoms with Gasteiger partial charge >= 0.3 is 0 Å². The first kappa shape index (κ1) is 15.2. The molecule has 1 aromatic rings. The number of likely N-dealkylation sites (tertiary alicyclic amines) is 1. The SMILES string of the molecule is C[C@H](Sc1ccccc1Cl)C(=O)N[C@H]1CCN(C2CC2)C1. The molecule has 0 radical (unpaired) electrons. The minimum atomic E-state index is -0.125. The molecule has 0 unspecified atom stereocenters. The van der Waals surface area contributed by atoms with Crippen LogP contribution in [0.3, 0.4) is 0 Å². The number of nitrogens with zero attached hydrogens (tertiary/aromatic N) is 1. The Hall–Kier alpha value is -0.710. The van der Waals surface area contributed by atoms with Gasteiger partial charge in [-0.2, -0.15) is 0 Å². The zero-order chi connectivity index (χ0) is 14.8. The lowest BCUT2D eigenvalue weighted by atomic mass is 10.2. The van der Waals surface area contributed by atoms with E-state index in [4.69, 9.17) is 11.6 Å².